The van der Waals surface area contributed by atoms with Crippen LogP contribution in [0.2, 0.25) is 0 Å². The molecular weight excluding hydrogens is 446 g/mol. The third-order valence-corrected chi connectivity index (χ3v) is 10.4. The Hall–Kier alpha value is -1.28. The van der Waals surface area contributed by atoms with Crippen molar-refractivity contribution in [3.63, 3.8) is 0 Å². The normalized spacial score (nSPS) is 35.6. The molecule has 7 nitrogen and oxygen atoms in total. The maximum atomic E-state index is 13.1. The van der Waals surface area contributed by atoms with Crippen molar-refractivity contribution in [1.82, 2.24) is 20.1 Å². The molecule has 0 aromatic carbocycles. The van der Waals surface area contributed by atoms with E-state index in [1.807, 2.05) is 0 Å². The Balaban J connectivity index is 1.10. The molecule has 8 heteroatoms. The van der Waals surface area contributed by atoms with Gasteiger partial charge in [-0.1, -0.05) is 11.8 Å². The van der Waals surface area contributed by atoms with Crippen LogP contribution in [0.25, 0.3) is 0 Å². The molecule has 6 aliphatic rings. The van der Waals surface area contributed by atoms with Crippen LogP contribution in [0.4, 0.5) is 5.95 Å². The van der Waals surface area contributed by atoms with Crippen molar-refractivity contribution in [2.45, 2.75) is 101 Å². The molecule has 1 aromatic rings. The monoisotopic (exact) mass is 487 g/mol. The molecule has 4 saturated carbocycles. The fourth-order valence-electron chi connectivity index (χ4n) is 8.14. The second-order valence-corrected chi connectivity index (χ2v) is 12.9. The van der Waals surface area contributed by atoms with Gasteiger partial charge in [0.05, 0.1) is 18.4 Å². The molecule has 1 aromatic heterocycles. The number of rotatable bonds is 8. The summed E-state index contributed by atoms with van der Waals surface area (Å²) in [6.07, 6.45) is 14.4. The van der Waals surface area contributed by atoms with Gasteiger partial charge in [0, 0.05) is 25.7 Å². The van der Waals surface area contributed by atoms with Crippen molar-refractivity contribution in [1.29, 1.82) is 0 Å². The zero-order valence-electron chi connectivity index (χ0n) is 20.7. The molecule has 1 N–H and O–H groups in total. The summed E-state index contributed by atoms with van der Waals surface area (Å²) in [5, 5.41) is 13.4. The maximum absolute atomic E-state index is 13.1. The predicted molar refractivity (Wildman–Crippen MR) is 134 cm³/mol. The highest BCUT2D eigenvalue weighted by atomic mass is 32.2. The van der Waals surface area contributed by atoms with Crippen LogP contribution < -0.4 is 10.2 Å². The van der Waals surface area contributed by atoms with Crippen LogP contribution in [0, 0.1) is 23.2 Å². The number of piperidine rings is 1. The van der Waals surface area contributed by atoms with Crippen molar-refractivity contribution in [3.05, 3.63) is 0 Å². The van der Waals surface area contributed by atoms with E-state index in [1.54, 1.807) is 0 Å². The largest absolute Gasteiger partial charge is 0.376 e. The lowest BCUT2D eigenvalue weighted by molar-refractivity contribution is -0.123. The second kappa shape index (κ2) is 9.64. The molecule has 2 aliphatic heterocycles. The summed E-state index contributed by atoms with van der Waals surface area (Å²) in [5.41, 5.74) is 0.344. The third-order valence-electron chi connectivity index (χ3n) is 9.46. The van der Waals surface area contributed by atoms with Crippen LogP contribution in [0.1, 0.15) is 77.6 Å². The number of carbonyl (C=O) groups is 1. The second-order valence-electron chi connectivity index (χ2n) is 11.9. The van der Waals surface area contributed by atoms with Gasteiger partial charge in [-0.25, -0.2) is 0 Å². The highest BCUT2D eigenvalue weighted by molar-refractivity contribution is 7.99. The first-order valence-electron chi connectivity index (χ1n) is 13.8. The van der Waals surface area contributed by atoms with Crippen molar-refractivity contribution in [2.24, 2.45) is 23.2 Å². The predicted octanol–water partition coefficient (Wildman–Crippen LogP) is 4.26. The number of nitrogens with one attached hydrogen (secondary N) is 1. The van der Waals surface area contributed by atoms with Crippen LogP contribution in [-0.4, -0.2) is 58.3 Å². The zero-order valence-corrected chi connectivity index (χ0v) is 21.5. The van der Waals surface area contributed by atoms with E-state index in [1.165, 1.54) is 69.5 Å². The van der Waals surface area contributed by atoms with Gasteiger partial charge in [0.2, 0.25) is 11.9 Å². The van der Waals surface area contributed by atoms with Crippen molar-refractivity contribution < 1.29 is 9.53 Å². The summed E-state index contributed by atoms with van der Waals surface area (Å²) in [6.45, 7) is 5.98. The topological polar surface area (TPSA) is 72.3 Å². The first-order chi connectivity index (χ1) is 16.6. The Morgan fingerprint density at radius 1 is 1.09 bits per heavy atom. The Bertz CT molecular complexity index is 841. The van der Waals surface area contributed by atoms with Gasteiger partial charge in [-0.15, -0.1) is 10.2 Å². The molecule has 2 unspecified atom stereocenters. The Morgan fingerprint density at radius 3 is 2.44 bits per heavy atom. The van der Waals surface area contributed by atoms with E-state index < -0.39 is 0 Å². The number of amides is 1. The minimum atomic E-state index is 0.138. The third kappa shape index (κ3) is 4.61. The van der Waals surface area contributed by atoms with E-state index in [9.17, 15) is 4.79 Å². The minimum Gasteiger partial charge on any atom is -0.376 e. The molecule has 4 bridgehead atoms. The van der Waals surface area contributed by atoms with Gasteiger partial charge in [0.15, 0.2) is 5.16 Å². The number of anilines is 1. The fraction of sp³-hybridized carbons (Fsp3) is 0.885. The number of hydrogen-bond donors (Lipinski definition) is 1. The molecule has 3 heterocycles. The van der Waals surface area contributed by atoms with Crippen molar-refractivity contribution >= 4 is 23.6 Å². The fourth-order valence-corrected chi connectivity index (χ4v) is 8.90. The van der Waals surface area contributed by atoms with E-state index in [0.717, 1.165) is 67.9 Å². The average Bonchev–Trinajstić information content (AvgIpc) is 3.48. The van der Waals surface area contributed by atoms with Crippen LogP contribution in [-0.2, 0) is 16.1 Å². The number of hydrogen-bond acceptors (Lipinski definition) is 6. The van der Waals surface area contributed by atoms with Gasteiger partial charge in [-0.3, -0.25) is 9.36 Å². The van der Waals surface area contributed by atoms with Gasteiger partial charge in [0.1, 0.15) is 0 Å². The SMILES string of the molecule is CC(NC(=O)CSc1nnc(N2CCCCC2)n1CC1CCCO1)C12CC3CC(CC(C3)C1)C2. The zero-order chi connectivity index (χ0) is 23.1. The lowest BCUT2D eigenvalue weighted by Gasteiger charge is -2.59. The van der Waals surface area contributed by atoms with Gasteiger partial charge in [-0.05, 0) is 101 Å². The molecule has 6 fully saturated rings. The quantitative estimate of drug-likeness (QED) is 0.553. The number of aromatic nitrogens is 3. The number of thioether (sulfide) groups is 1. The molecule has 0 spiro atoms. The molecule has 34 heavy (non-hydrogen) atoms. The van der Waals surface area contributed by atoms with Gasteiger partial charge < -0.3 is 15.0 Å². The van der Waals surface area contributed by atoms with Crippen molar-refractivity contribution in [3.8, 4) is 0 Å². The van der Waals surface area contributed by atoms with E-state index in [4.69, 9.17) is 4.74 Å². The van der Waals surface area contributed by atoms with Crippen LogP contribution >= 0.6 is 11.8 Å². The Morgan fingerprint density at radius 2 is 1.79 bits per heavy atom. The van der Waals surface area contributed by atoms with E-state index in [2.05, 4.69) is 31.9 Å². The van der Waals surface area contributed by atoms with Gasteiger partial charge >= 0.3 is 0 Å². The molecule has 2 saturated heterocycles. The van der Waals surface area contributed by atoms with Gasteiger partial charge in [0.25, 0.3) is 0 Å². The van der Waals surface area contributed by atoms with Gasteiger partial charge in [-0.2, -0.15) is 0 Å². The number of ether oxygens (including phenoxy) is 1. The summed E-state index contributed by atoms with van der Waals surface area (Å²) >= 11 is 1.54. The first-order valence-corrected chi connectivity index (χ1v) is 14.8. The van der Waals surface area contributed by atoms with E-state index in [-0.39, 0.29) is 18.1 Å². The molecule has 4 aliphatic carbocycles. The van der Waals surface area contributed by atoms with E-state index in [0.29, 0.717) is 11.2 Å². The summed E-state index contributed by atoms with van der Waals surface area (Å²) < 4.78 is 8.16. The van der Waals surface area contributed by atoms with Crippen LogP contribution in [0.3, 0.4) is 0 Å². The summed E-state index contributed by atoms with van der Waals surface area (Å²) in [5.74, 6) is 4.22. The summed E-state index contributed by atoms with van der Waals surface area (Å²) in [7, 11) is 0. The van der Waals surface area contributed by atoms with E-state index >= 15 is 0 Å². The first kappa shape index (κ1) is 23.1. The van der Waals surface area contributed by atoms with Crippen molar-refractivity contribution in [2.75, 3.05) is 30.3 Å². The molecule has 2 atom stereocenters. The molecule has 0 radical (unpaired) electrons. The maximum Gasteiger partial charge on any atom is 0.230 e. The van der Waals surface area contributed by atoms with Crippen LogP contribution in [0.15, 0.2) is 5.16 Å². The minimum absolute atomic E-state index is 0.138. The number of nitrogens with zero attached hydrogens (tertiary/aromatic N) is 4. The average molecular weight is 488 g/mol. The molecule has 1 amide bonds. The Kier molecular flexibility index (Phi) is 6.56. The number of carbonyl (C=O) groups excluding carboxylic acids is 1. The lowest BCUT2D eigenvalue weighted by atomic mass is 9.48. The summed E-state index contributed by atoms with van der Waals surface area (Å²) in [6, 6.07) is 0.266. The standard InChI is InChI=1S/C26H41N5O2S/c1-18(26-13-19-10-20(14-26)12-21(11-19)15-26)27-23(32)17-34-25-29-28-24(30-7-3-2-4-8-30)31(25)16-22-6-5-9-33-22/h18-22H,2-17H2,1H3,(H,27,32). The molecular formula is C26H41N5O2S. The highest BCUT2D eigenvalue weighted by Crippen LogP contribution is 2.61. The lowest BCUT2D eigenvalue weighted by Crippen LogP contribution is -2.56. The smallest absolute Gasteiger partial charge is 0.230 e. The summed E-state index contributed by atoms with van der Waals surface area (Å²) in [4.78, 5) is 15.4. The molecule has 188 valence electrons. The Labute approximate surface area is 208 Å². The molecule has 7 rings (SSSR count). The highest BCUT2D eigenvalue weighted by Gasteiger charge is 2.53. The van der Waals surface area contributed by atoms with Crippen LogP contribution in [0.5, 0.6) is 0 Å².